The van der Waals surface area contributed by atoms with Gasteiger partial charge in [-0.2, -0.15) is 0 Å². The van der Waals surface area contributed by atoms with Crippen LogP contribution in [0.4, 0.5) is 5.69 Å². The van der Waals surface area contributed by atoms with Crippen LogP contribution < -0.4 is 11.1 Å². The fourth-order valence-electron chi connectivity index (χ4n) is 1.29. The Labute approximate surface area is 99.5 Å². The smallest absolute Gasteiger partial charge is 0.261 e. The van der Waals surface area contributed by atoms with Gasteiger partial charge >= 0.3 is 0 Å². The number of nitrogens with one attached hydrogen (secondary N) is 1. The molecule has 0 aromatic carbocycles. The van der Waals surface area contributed by atoms with E-state index in [2.05, 4.69) is 5.32 Å². The van der Waals surface area contributed by atoms with E-state index in [1.165, 1.54) is 11.3 Å². The summed E-state index contributed by atoms with van der Waals surface area (Å²) in [6.45, 7) is 4.22. The predicted molar refractivity (Wildman–Crippen MR) is 66.7 cm³/mol. The van der Waals surface area contributed by atoms with Crippen molar-refractivity contribution in [1.82, 2.24) is 5.32 Å². The van der Waals surface area contributed by atoms with Gasteiger partial charge in [0.2, 0.25) is 0 Å². The first-order valence-corrected chi connectivity index (χ1v) is 6.14. The highest BCUT2D eigenvalue weighted by Gasteiger charge is 2.10. The average Bonchev–Trinajstić information content (AvgIpc) is 2.54. The third-order valence-electron chi connectivity index (χ3n) is 2.26. The predicted octanol–water partition coefficient (Wildman–Crippen LogP) is 1.53. The average molecular weight is 242 g/mol. The second kappa shape index (κ2) is 5.86. The number of anilines is 1. The third kappa shape index (κ3) is 3.83. The van der Waals surface area contributed by atoms with E-state index in [4.69, 9.17) is 10.8 Å². The van der Waals surface area contributed by atoms with Crippen molar-refractivity contribution in [2.75, 3.05) is 12.3 Å². The van der Waals surface area contributed by atoms with E-state index >= 15 is 0 Å². The molecule has 1 atom stereocenters. The number of aliphatic hydroxyl groups is 1. The largest absolute Gasteiger partial charge is 0.398 e. The summed E-state index contributed by atoms with van der Waals surface area (Å²) in [4.78, 5) is 13.2. The maximum Gasteiger partial charge on any atom is 0.261 e. The molecule has 0 saturated carbocycles. The lowest BCUT2D eigenvalue weighted by Gasteiger charge is -2.05. The van der Waals surface area contributed by atoms with Gasteiger partial charge in [0.15, 0.2) is 0 Å². The van der Waals surface area contributed by atoms with Crippen LogP contribution in [-0.4, -0.2) is 23.7 Å². The maximum absolute atomic E-state index is 11.6. The number of thiophene rings is 1. The topological polar surface area (TPSA) is 75.3 Å². The number of aryl methyl sites for hydroxylation is 1. The molecule has 4 nitrogen and oxygen atoms in total. The lowest BCUT2D eigenvalue weighted by molar-refractivity contribution is 0.0953. The monoisotopic (exact) mass is 242 g/mol. The Morgan fingerprint density at radius 2 is 2.38 bits per heavy atom. The molecule has 0 saturated heterocycles. The molecule has 1 aromatic heterocycles. The van der Waals surface area contributed by atoms with Gasteiger partial charge in [-0.3, -0.25) is 4.79 Å². The minimum absolute atomic E-state index is 0.0876. The lowest BCUT2D eigenvalue weighted by atomic mass is 10.2. The summed E-state index contributed by atoms with van der Waals surface area (Å²) < 4.78 is 0. The van der Waals surface area contributed by atoms with Crippen LogP contribution in [0.15, 0.2) is 6.07 Å². The van der Waals surface area contributed by atoms with E-state index in [0.717, 1.165) is 11.3 Å². The van der Waals surface area contributed by atoms with E-state index in [1.54, 1.807) is 13.0 Å². The van der Waals surface area contributed by atoms with Crippen LogP contribution in [0, 0.1) is 6.92 Å². The van der Waals surface area contributed by atoms with E-state index in [-0.39, 0.29) is 12.0 Å². The minimum Gasteiger partial charge on any atom is -0.398 e. The van der Waals surface area contributed by atoms with E-state index in [1.807, 2.05) is 6.92 Å². The van der Waals surface area contributed by atoms with Crippen molar-refractivity contribution in [3.8, 4) is 0 Å². The number of hydrogen-bond donors (Lipinski definition) is 3. The van der Waals surface area contributed by atoms with Crippen LogP contribution >= 0.6 is 11.3 Å². The van der Waals surface area contributed by atoms with E-state index in [0.29, 0.717) is 23.5 Å². The van der Waals surface area contributed by atoms with E-state index < -0.39 is 0 Å². The van der Waals surface area contributed by atoms with Crippen LogP contribution in [0.1, 0.15) is 34.3 Å². The molecule has 1 unspecified atom stereocenters. The number of rotatable bonds is 5. The SMILES string of the molecule is Cc1sc(C(=O)NCCCC(C)O)cc1N. The molecule has 1 amide bonds. The summed E-state index contributed by atoms with van der Waals surface area (Å²) in [5.41, 5.74) is 6.34. The Kier molecular flexibility index (Phi) is 4.76. The van der Waals surface area contributed by atoms with Crippen molar-refractivity contribution in [2.45, 2.75) is 32.8 Å². The molecule has 4 N–H and O–H groups in total. The molecule has 1 aromatic rings. The fraction of sp³-hybridized carbons (Fsp3) is 0.545. The molecular formula is C11H18N2O2S. The normalized spacial score (nSPS) is 12.4. The number of hydrogen-bond acceptors (Lipinski definition) is 4. The molecule has 0 aliphatic carbocycles. The molecule has 0 radical (unpaired) electrons. The number of nitrogen functional groups attached to an aromatic ring is 1. The van der Waals surface area contributed by atoms with Crippen LogP contribution in [0.25, 0.3) is 0 Å². The maximum atomic E-state index is 11.6. The van der Waals surface area contributed by atoms with Gasteiger partial charge in [-0.25, -0.2) is 0 Å². The van der Waals surface area contributed by atoms with Crippen molar-refractivity contribution < 1.29 is 9.90 Å². The minimum atomic E-state index is -0.309. The van der Waals surface area contributed by atoms with Gasteiger partial charge in [-0.05, 0) is 32.8 Å². The highest BCUT2D eigenvalue weighted by atomic mass is 32.1. The summed E-state index contributed by atoms with van der Waals surface area (Å²) in [6.07, 6.45) is 1.17. The summed E-state index contributed by atoms with van der Waals surface area (Å²) in [6, 6.07) is 1.70. The van der Waals surface area contributed by atoms with Crippen LogP contribution in [-0.2, 0) is 0 Å². The zero-order valence-corrected chi connectivity index (χ0v) is 10.4. The molecule has 0 aliphatic heterocycles. The Morgan fingerprint density at radius 3 is 2.88 bits per heavy atom. The van der Waals surface area contributed by atoms with Gasteiger partial charge in [0.05, 0.1) is 11.0 Å². The first kappa shape index (κ1) is 13.0. The van der Waals surface area contributed by atoms with Gasteiger partial charge in [0, 0.05) is 17.1 Å². The molecule has 0 aliphatic rings. The van der Waals surface area contributed by atoms with Gasteiger partial charge in [-0.15, -0.1) is 11.3 Å². The second-order valence-electron chi connectivity index (χ2n) is 3.87. The molecule has 0 fully saturated rings. The number of amides is 1. The third-order valence-corrected chi connectivity index (χ3v) is 3.33. The van der Waals surface area contributed by atoms with Crippen molar-refractivity contribution in [2.24, 2.45) is 0 Å². The number of carbonyl (C=O) groups is 1. The number of carbonyl (C=O) groups excluding carboxylic acids is 1. The van der Waals surface area contributed by atoms with Crippen LogP contribution in [0.5, 0.6) is 0 Å². The quantitative estimate of drug-likeness (QED) is 0.685. The van der Waals surface area contributed by atoms with Crippen molar-refractivity contribution in [3.05, 3.63) is 15.8 Å². The molecule has 16 heavy (non-hydrogen) atoms. The molecule has 0 bridgehead atoms. The van der Waals surface area contributed by atoms with Gasteiger partial charge in [0.1, 0.15) is 0 Å². The Morgan fingerprint density at radius 1 is 1.69 bits per heavy atom. The van der Waals surface area contributed by atoms with Crippen molar-refractivity contribution >= 4 is 22.9 Å². The Bertz CT molecular complexity index is 341. The molecule has 1 heterocycles. The van der Waals surface area contributed by atoms with Crippen molar-refractivity contribution in [3.63, 3.8) is 0 Å². The lowest BCUT2D eigenvalue weighted by Crippen LogP contribution is -2.24. The standard InChI is InChI=1S/C11H18N2O2S/c1-7(14)4-3-5-13-11(15)10-6-9(12)8(2)16-10/h6-7,14H,3-5,12H2,1-2H3,(H,13,15). The highest BCUT2D eigenvalue weighted by molar-refractivity contribution is 7.14. The van der Waals surface area contributed by atoms with Crippen molar-refractivity contribution in [1.29, 1.82) is 0 Å². The summed E-state index contributed by atoms with van der Waals surface area (Å²) in [7, 11) is 0. The number of aliphatic hydroxyl groups excluding tert-OH is 1. The highest BCUT2D eigenvalue weighted by Crippen LogP contribution is 2.22. The fourth-order valence-corrected chi connectivity index (χ4v) is 2.15. The summed E-state index contributed by atoms with van der Waals surface area (Å²) >= 11 is 1.40. The summed E-state index contributed by atoms with van der Waals surface area (Å²) in [5.74, 6) is -0.0876. The molecule has 1 rings (SSSR count). The molecular weight excluding hydrogens is 224 g/mol. The zero-order chi connectivity index (χ0) is 12.1. The molecule has 0 spiro atoms. The van der Waals surface area contributed by atoms with Gasteiger partial charge in [0.25, 0.3) is 5.91 Å². The summed E-state index contributed by atoms with van der Waals surface area (Å²) in [5, 5.41) is 11.8. The molecule has 5 heteroatoms. The zero-order valence-electron chi connectivity index (χ0n) is 9.62. The van der Waals surface area contributed by atoms with Gasteiger partial charge < -0.3 is 16.2 Å². The first-order valence-electron chi connectivity index (χ1n) is 5.33. The Hall–Kier alpha value is -1.07. The first-order chi connectivity index (χ1) is 7.50. The van der Waals surface area contributed by atoms with Crippen LogP contribution in [0.3, 0.4) is 0 Å². The van der Waals surface area contributed by atoms with E-state index in [9.17, 15) is 4.79 Å². The Balaban J connectivity index is 2.35. The van der Waals surface area contributed by atoms with Gasteiger partial charge in [-0.1, -0.05) is 0 Å². The number of nitrogens with two attached hydrogens (primary N) is 1. The molecule has 90 valence electrons. The van der Waals surface area contributed by atoms with Crippen LogP contribution in [0.2, 0.25) is 0 Å². The second-order valence-corrected chi connectivity index (χ2v) is 5.13.